The summed E-state index contributed by atoms with van der Waals surface area (Å²) >= 11 is 0. The molecule has 0 aromatic heterocycles. The summed E-state index contributed by atoms with van der Waals surface area (Å²) < 4.78 is 6.26. The van der Waals surface area contributed by atoms with Crippen LogP contribution in [0.5, 0.6) is 5.75 Å². The molecule has 0 saturated heterocycles. The molecule has 2 rings (SSSR count). The van der Waals surface area contributed by atoms with Gasteiger partial charge in [-0.15, -0.1) is 0 Å². The van der Waals surface area contributed by atoms with Crippen molar-refractivity contribution in [2.75, 3.05) is 0 Å². The van der Waals surface area contributed by atoms with E-state index in [1.54, 1.807) is 0 Å². The van der Waals surface area contributed by atoms with Crippen molar-refractivity contribution in [1.29, 1.82) is 0 Å². The maximum Gasteiger partial charge on any atom is 0.125 e. The second-order valence-corrected chi connectivity index (χ2v) is 5.62. The molecule has 2 N–H and O–H groups in total. The lowest BCUT2D eigenvalue weighted by Crippen LogP contribution is -2.22. The molecule has 2 heteroatoms. The van der Waals surface area contributed by atoms with E-state index in [-0.39, 0.29) is 6.04 Å². The highest BCUT2D eigenvalue weighted by molar-refractivity contribution is 5.41. The Morgan fingerprint density at radius 2 is 2.00 bits per heavy atom. The van der Waals surface area contributed by atoms with Crippen molar-refractivity contribution in [1.82, 2.24) is 0 Å². The molecule has 1 aromatic carbocycles. The third-order valence-corrected chi connectivity index (χ3v) is 3.67. The molecule has 1 aliphatic carbocycles. The van der Waals surface area contributed by atoms with Crippen molar-refractivity contribution in [2.24, 2.45) is 5.73 Å². The zero-order valence-corrected chi connectivity index (χ0v) is 11.6. The summed E-state index contributed by atoms with van der Waals surface area (Å²) in [5, 5.41) is 0. The van der Waals surface area contributed by atoms with Gasteiger partial charge in [-0.3, -0.25) is 0 Å². The fourth-order valence-corrected chi connectivity index (χ4v) is 2.74. The Morgan fingerprint density at radius 3 is 2.67 bits per heavy atom. The number of hydrogen-bond acceptors (Lipinski definition) is 2. The molecule has 2 nitrogen and oxygen atoms in total. The second-order valence-electron chi connectivity index (χ2n) is 5.62. The van der Waals surface area contributed by atoms with E-state index in [1.165, 1.54) is 43.2 Å². The van der Waals surface area contributed by atoms with Crippen LogP contribution in [-0.2, 0) is 6.42 Å². The Morgan fingerprint density at radius 1 is 1.28 bits per heavy atom. The van der Waals surface area contributed by atoms with E-state index in [1.807, 2.05) is 6.92 Å². The highest BCUT2D eigenvalue weighted by Gasteiger charge is 2.17. The van der Waals surface area contributed by atoms with Gasteiger partial charge in [0, 0.05) is 6.04 Å². The number of para-hydroxylation sites is 1. The van der Waals surface area contributed by atoms with Crippen LogP contribution in [0.3, 0.4) is 0 Å². The van der Waals surface area contributed by atoms with Crippen LogP contribution in [0.4, 0.5) is 0 Å². The summed E-state index contributed by atoms with van der Waals surface area (Å²) in [6.07, 6.45) is 7.67. The fourth-order valence-electron chi connectivity index (χ4n) is 2.74. The topological polar surface area (TPSA) is 35.2 Å². The Bertz CT molecular complexity index is 381. The molecule has 0 aliphatic heterocycles. The minimum Gasteiger partial charge on any atom is -0.490 e. The highest BCUT2D eigenvalue weighted by atomic mass is 16.5. The number of ether oxygens (including phenoxy) is 1. The molecule has 18 heavy (non-hydrogen) atoms. The van der Waals surface area contributed by atoms with Gasteiger partial charge >= 0.3 is 0 Å². The normalized spacial score (nSPS) is 18.6. The molecule has 0 heterocycles. The predicted octanol–water partition coefficient (Wildman–Crippen LogP) is 3.60. The van der Waals surface area contributed by atoms with Crippen LogP contribution in [0, 0.1) is 6.92 Å². The average molecular weight is 247 g/mol. The Hall–Kier alpha value is -1.02. The lowest BCUT2D eigenvalue weighted by molar-refractivity contribution is 0.152. The predicted molar refractivity (Wildman–Crippen MR) is 76.0 cm³/mol. The second kappa shape index (κ2) is 6.24. The molecular formula is C16H25NO. The van der Waals surface area contributed by atoms with Crippen molar-refractivity contribution in [3.63, 3.8) is 0 Å². The van der Waals surface area contributed by atoms with Gasteiger partial charge in [-0.2, -0.15) is 0 Å². The van der Waals surface area contributed by atoms with E-state index in [4.69, 9.17) is 10.5 Å². The summed E-state index contributed by atoms with van der Waals surface area (Å²) in [5.74, 6) is 1.08. The third kappa shape index (κ3) is 3.49. The number of nitrogens with two attached hydrogens (primary N) is 1. The van der Waals surface area contributed by atoms with E-state index in [0.717, 1.165) is 12.2 Å². The first-order chi connectivity index (χ1) is 8.66. The molecule has 1 aromatic rings. The van der Waals surface area contributed by atoms with Crippen molar-refractivity contribution < 1.29 is 4.74 Å². The van der Waals surface area contributed by atoms with Gasteiger partial charge in [0.05, 0.1) is 6.10 Å². The molecule has 1 fully saturated rings. The van der Waals surface area contributed by atoms with Crippen molar-refractivity contribution >= 4 is 0 Å². The van der Waals surface area contributed by atoms with Crippen molar-refractivity contribution in [3.8, 4) is 5.75 Å². The molecule has 0 spiro atoms. The Kier molecular flexibility index (Phi) is 4.65. The van der Waals surface area contributed by atoms with Crippen LogP contribution in [0.1, 0.15) is 50.2 Å². The number of aryl methyl sites for hydroxylation is 1. The smallest absolute Gasteiger partial charge is 0.125 e. The van der Waals surface area contributed by atoms with E-state index in [0.29, 0.717) is 6.10 Å². The first-order valence-corrected chi connectivity index (χ1v) is 7.17. The van der Waals surface area contributed by atoms with Gasteiger partial charge in [0.15, 0.2) is 0 Å². The van der Waals surface area contributed by atoms with Gasteiger partial charge in [0.1, 0.15) is 5.75 Å². The maximum absolute atomic E-state index is 6.26. The SMILES string of the molecule is Cc1cccc(CC(C)N)c1OC1CCCCC1. The standard InChI is InChI=1S/C16H25NO/c1-12-7-6-8-14(11-13(2)17)16(12)18-15-9-4-3-5-10-15/h6-8,13,15H,3-5,9-11,17H2,1-2H3. The molecule has 1 unspecified atom stereocenters. The third-order valence-electron chi connectivity index (χ3n) is 3.67. The molecule has 0 radical (unpaired) electrons. The van der Waals surface area contributed by atoms with Crippen molar-refractivity contribution in [2.45, 2.75) is 64.5 Å². The molecule has 0 bridgehead atoms. The van der Waals surface area contributed by atoms with Gasteiger partial charge in [0.25, 0.3) is 0 Å². The van der Waals surface area contributed by atoms with Crippen LogP contribution >= 0.6 is 0 Å². The summed E-state index contributed by atoms with van der Waals surface area (Å²) in [5.41, 5.74) is 8.42. The molecule has 1 aliphatic rings. The zero-order valence-electron chi connectivity index (χ0n) is 11.6. The minimum absolute atomic E-state index is 0.181. The van der Waals surface area contributed by atoms with E-state index in [2.05, 4.69) is 25.1 Å². The van der Waals surface area contributed by atoms with Crippen LogP contribution in [0.2, 0.25) is 0 Å². The summed E-state index contributed by atoms with van der Waals surface area (Å²) in [6, 6.07) is 6.55. The van der Waals surface area contributed by atoms with Crippen LogP contribution in [0.15, 0.2) is 18.2 Å². The molecule has 1 saturated carbocycles. The lowest BCUT2D eigenvalue weighted by Gasteiger charge is -2.25. The summed E-state index contributed by atoms with van der Waals surface area (Å²) in [7, 11) is 0. The van der Waals surface area contributed by atoms with Crippen LogP contribution < -0.4 is 10.5 Å². The number of benzene rings is 1. The van der Waals surface area contributed by atoms with E-state index in [9.17, 15) is 0 Å². The molecule has 0 amide bonds. The van der Waals surface area contributed by atoms with Crippen LogP contribution in [0.25, 0.3) is 0 Å². The molecular weight excluding hydrogens is 222 g/mol. The fraction of sp³-hybridized carbons (Fsp3) is 0.625. The van der Waals surface area contributed by atoms with Gasteiger partial charge in [-0.05, 0) is 57.1 Å². The molecule has 100 valence electrons. The van der Waals surface area contributed by atoms with E-state index < -0.39 is 0 Å². The summed E-state index contributed by atoms with van der Waals surface area (Å²) in [6.45, 7) is 4.18. The average Bonchev–Trinajstić information content (AvgIpc) is 2.34. The van der Waals surface area contributed by atoms with Gasteiger partial charge in [0.2, 0.25) is 0 Å². The Balaban J connectivity index is 2.13. The van der Waals surface area contributed by atoms with Crippen LogP contribution in [-0.4, -0.2) is 12.1 Å². The largest absolute Gasteiger partial charge is 0.490 e. The van der Waals surface area contributed by atoms with Crippen molar-refractivity contribution in [3.05, 3.63) is 29.3 Å². The minimum atomic E-state index is 0.181. The first kappa shape index (κ1) is 13.4. The van der Waals surface area contributed by atoms with Gasteiger partial charge in [-0.1, -0.05) is 24.6 Å². The Labute approximate surface area is 111 Å². The molecule has 1 atom stereocenters. The number of hydrogen-bond donors (Lipinski definition) is 1. The lowest BCUT2D eigenvalue weighted by atomic mass is 9.97. The number of rotatable bonds is 4. The monoisotopic (exact) mass is 247 g/mol. The summed E-state index contributed by atoms with van der Waals surface area (Å²) in [4.78, 5) is 0. The van der Waals surface area contributed by atoms with Gasteiger partial charge < -0.3 is 10.5 Å². The first-order valence-electron chi connectivity index (χ1n) is 7.17. The van der Waals surface area contributed by atoms with Gasteiger partial charge in [-0.25, -0.2) is 0 Å². The zero-order chi connectivity index (χ0) is 13.0. The maximum atomic E-state index is 6.26. The quantitative estimate of drug-likeness (QED) is 0.882. The van der Waals surface area contributed by atoms with E-state index >= 15 is 0 Å². The highest BCUT2D eigenvalue weighted by Crippen LogP contribution is 2.29.